The molecule has 0 saturated carbocycles. The van der Waals surface area contributed by atoms with Gasteiger partial charge in [-0.15, -0.1) is 0 Å². The maximum Gasteiger partial charge on any atom is 0.193 e. The van der Waals surface area contributed by atoms with Crippen molar-refractivity contribution in [2.45, 2.75) is 50.6 Å². The summed E-state index contributed by atoms with van der Waals surface area (Å²) >= 11 is 0. The summed E-state index contributed by atoms with van der Waals surface area (Å²) in [7, 11) is 0. The van der Waals surface area contributed by atoms with Crippen molar-refractivity contribution >= 4 is 11.0 Å². The molecule has 4 atom stereocenters. The number of benzene rings is 1. The Kier molecular flexibility index (Phi) is 4.76. The van der Waals surface area contributed by atoms with E-state index < -0.39 is 6.10 Å². The molecule has 7 heteroatoms. The molecule has 3 aromatic rings. The van der Waals surface area contributed by atoms with Gasteiger partial charge in [-0.3, -0.25) is 0 Å². The number of aromatic amines is 1. The molecule has 4 heterocycles. The number of ether oxygens (including phenoxy) is 3. The number of nitrogens with one attached hydrogen (secondary N) is 1. The molecule has 1 unspecified atom stereocenters. The SMILES string of the molecule is C.O[C@@H]1CO[C@H]2C1OC[C@H]2Oc1cc2nc(C3Cc4ccccc4C3)c(F)cc2[nH]1. The lowest BCUT2D eigenvalue weighted by atomic mass is 10.0. The zero-order valence-corrected chi connectivity index (χ0v) is 15.7. The van der Waals surface area contributed by atoms with E-state index in [4.69, 9.17) is 14.2 Å². The number of aromatic nitrogens is 2. The molecular formula is C23H25FN2O4. The molecule has 0 radical (unpaired) electrons. The first-order valence-electron chi connectivity index (χ1n) is 9.99. The largest absolute Gasteiger partial charge is 0.470 e. The van der Waals surface area contributed by atoms with E-state index in [0.717, 1.165) is 12.8 Å². The third kappa shape index (κ3) is 3.09. The Labute approximate surface area is 174 Å². The topological polar surface area (TPSA) is 76.6 Å². The van der Waals surface area contributed by atoms with Crippen molar-refractivity contribution in [3.8, 4) is 5.88 Å². The highest BCUT2D eigenvalue weighted by atomic mass is 19.1. The number of rotatable bonds is 3. The number of fused-ring (bicyclic) bond motifs is 3. The maximum atomic E-state index is 14.8. The summed E-state index contributed by atoms with van der Waals surface area (Å²) in [5.74, 6) is 0.252. The Morgan fingerprint density at radius 1 is 1.07 bits per heavy atom. The van der Waals surface area contributed by atoms with E-state index >= 15 is 0 Å². The average Bonchev–Trinajstić information content (AvgIpc) is 3.46. The molecule has 158 valence electrons. The smallest absolute Gasteiger partial charge is 0.193 e. The van der Waals surface area contributed by atoms with Gasteiger partial charge in [0.05, 0.1) is 29.9 Å². The lowest BCUT2D eigenvalue weighted by Gasteiger charge is -2.16. The first kappa shape index (κ1) is 19.5. The fourth-order valence-electron chi connectivity index (χ4n) is 4.83. The molecule has 2 N–H and O–H groups in total. The minimum Gasteiger partial charge on any atom is -0.470 e. The van der Waals surface area contributed by atoms with Crippen molar-refractivity contribution in [3.63, 3.8) is 0 Å². The van der Waals surface area contributed by atoms with Gasteiger partial charge < -0.3 is 24.3 Å². The normalized spacial score (nSPS) is 27.8. The maximum absolute atomic E-state index is 14.8. The summed E-state index contributed by atoms with van der Waals surface area (Å²) in [5, 5.41) is 9.86. The number of pyridine rings is 1. The Hall–Kier alpha value is -2.48. The van der Waals surface area contributed by atoms with E-state index in [9.17, 15) is 9.50 Å². The van der Waals surface area contributed by atoms with Gasteiger partial charge in [0.1, 0.15) is 24.1 Å². The molecule has 0 spiro atoms. The molecule has 6 rings (SSSR count). The Morgan fingerprint density at radius 3 is 2.57 bits per heavy atom. The Morgan fingerprint density at radius 2 is 1.80 bits per heavy atom. The molecule has 6 nitrogen and oxygen atoms in total. The Bertz CT molecular complexity index is 1060. The van der Waals surface area contributed by atoms with Crippen LogP contribution in [0.4, 0.5) is 4.39 Å². The molecular weight excluding hydrogens is 387 g/mol. The van der Waals surface area contributed by atoms with E-state index in [1.807, 2.05) is 12.1 Å². The second kappa shape index (κ2) is 7.34. The highest BCUT2D eigenvalue weighted by Crippen LogP contribution is 2.36. The number of hydrogen-bond acceptors (Lipinski definition) is 5. The number of aliphatic hydroxyl groups excluding tert-OH is 1. The molecule has 2 saturated heterocycles. The van der Waals surface area contributed by atoms with Crippen LogP contribution in [-0.4, -0.2) is 52.7 Å². The van der Waals surface area contributed by atoms with Crippen molar-refractivity contribution in [3.05, 3.63) is 59.0 Å². The minimum atomic E-state index is -0.620. The molecule has 2 fully saturated rings. The minimum absolute atomic E-state index is 0. The molecule has 2 aromatic heterocycles. The van der Waals surface area contributed by atoms with Crippen LogP contribution in [0.15, 0.2) is 36.4 Å². The van der Waals surface area contributed by atoms with E-state index in [1.54, 1.807) is 6.07 Å². The van der Waals surface area contributed by atoms with Crippen molar-refractivity contribution in [2.75, 3.05) is 13.2 Å². The zero-order valence-electron chi connectivity index (χ0n) is 15.7. The van der Waals surface area contributed by atoms with Crippen LogP contribution < -0.4 is 4.74 Å². The van der Waals surface area contributed by atoms with Crippen LogP contribution >= 0.6 is 0 Å². The summed E-state index contributed by atoms with van der Waals surface area (Å²) in [6.07, 6.45) is 0.0245. The first-order valence-corrected chi connectivity index (χ1v) is 9.99. The van der Waals surface area contributed by atoms with Crippen LogP contribution in [-0.2, 0) is 22.3 Å². The molecule has 3 aliphatic rings. The van der Waals surface area contributed by atoms with Crippen LogP contribution in [0.3, 0.4) is 0 Å². The lowest BCUT2D eigenvalue weighted by molar-refractivity contribution is 0.00794. The third-order valence-corrected chi connectivity index (χ3v) is 6.26. The van der Waals surface area contributed by atoms with Crippen molar-refractivity contribution in [1.82, 2.24) is 9.97 Å². The fourth-order valence-corrected chi connectivity index (χ4v) is 4.83. The van der Waals surface area contributed by atoms with Gasteiger partial charge in [-0.2, -0.15) is 0 Å². The fraction of sp³-hybridized carbons (Fsp3) is 0.435. The highest BCUT2D eigenvalue weighted by molar-refractivity contribution is 5.77. The molecule has 1 aliphatic carbocycles. The quantitative estimate of drug-likeness (QED) is 0.691. The molecule has 0 bridgehead atoms. The molecule has 1 aromatic carbocycles. The van der Waals surface area contributed by atoms with E-state index in [1.165, 1.54) is 17.2 Å². The third-order valence-electron chi connectivity index (χ3n) is 6.26. The number of H-pyrrole nitrogens is 1. The van der Waals surface area contributed by atoms with E-state index in [2.05, 4.69) is 22.1 Å². The lowest BCUT2D eigenvalue weighted by Crippen LogP contribution is -2.34. The number of aliphatic hydroxyl groups is 1. The average molecular weight is 412 g/mol. The monoisotopic (exact) mass is 412 g/mol. The molecule has 0 amide bonds. The van der Waals surface area contributed by atoms with E-state index in [-0.39, 0.29) is 44.1 Å². The van der Waals surface area contributed by atoms with Gasteiger partial charge in [-0.05, 0) is 24.0 Å². The van der Waals surface area contributed by atoms with Crippen molar-refractivity contribution in [2.24, 2.45) is 0 Å². The number of halogens is 1. The van der Waals surface area contributed by atoms with Crippen LogP contribution in [0, 0.1) is 5.82 Å². The standard InChI is InChI=1S/C22H21FN2O4.CH4/c23-14-7-15-16(25-20(14)13-5-11-3-1-2-4-12(11)6-13)8-19(24-15)29-18-10-28-21-17(26)9-27-22(18)21;/h1-4,7-8,13,17-18,21-22,24,26H,5-6,9-10H2;1H4/t17-,18-,21?,22-;/m1./s1. The Balaban J connectivity index is 0.00000193. The van der Waals surface area contributed by atoms with Crippen LogP contribution in [0.2, 0.25) is 0 Å². The zero-order chi connectivity index (χ0) is 19.5. The van der Waals surface area contributed by atoms with Gasteiger partial charge in [-0.25, -0.2) is 9.37 Å². The van der Waals surface area contributed by atoms with Gasteiger partial charge >= 0.3 is 0 Å². The highest BCUT2D eigenvalue weighted by Gasteiger charge is 2.48. The van der Waals surface area contributed by atoms with Gasteiger partial charge in [0.15, 0.2) is 12.0 Å². The van der Waals surface area contributed by atoms with Gasteiger partial charge in [0.2, 0.25) is 0 Å². The summed E-state index contributed by atoms with van der Waals surface area (Å²) in [5.41, 5.74) is 4.32. The van der Waals surface area contributed by atoms with Gasteiger partial charge in [0, 0.05) is 18.1 Å². The van der Waals surface area contributed by atoms with Crippen LogP contribution in [0.5, 0.6) is 5.88 Å². The van der Waals surface area contributed by atoms with Crippen LogP contribution in [0.1, 0.15) is 30.2 Å². The summed E-state index contributed by atoms with van der Waals surface area (Å²) < 4.78 is 32.0. The predicted octanol–water partition coefficient (Wildman–Crippen LogP) is 3.13. The van der Waals surface area contributed by atoms with Gasteiger partial charge in [0.25, 0.3) is 0 Å². The summed E-state index contributed by atoms with van der Waals surface area (Å²) in [6, 6.07) is 11.5. The second-order valence-corrected chi connectivity index (χ2v) is 8.12. The second-order valence-electron chi connectivity index (χ2n) is 8.12. The number of hydrogen-bond donors (Lipinski definition) is 2. The van der Waals surface area contributed by atoms with Gasteiger partial charge in [-0.1, -0.05) is 31.7 Å². The summed E-state index contributed by atoms with van der Waals surface area (Å²) in [4.78, 5) is 7.72. The molecule has 2 aliphatic heterocycles. The van der Waals surface area contributed by atoms with E-state index in [0.29, 0.717) is 29.2 Å². The predicted molar refractivity (Wildman–Crippen MR) is 109 cm³/mol. The van der Waals surface area contributed by atoms with Crippen LogP contribution in [0.25, 0.3) is 11.0 Å². The summed E-state index contributed by atoms with van der Waals surface area (Å²) in [6.45, 7) is 0.594. The van der Waals surface area contributed by atoms with Crippen molar-refractivity contribution in [1.29, 1.82) is 0 Å². The van der Waals surface area contributed by atoms with Crippen molar-refractivity contribution < 1.29 is 23.7 Å². The molecule has 30 heavy (non-hydrogen) atoms. The number of nitrogens with zero attached hydrogens (tertiary/aromatic N) is 1. The first-order chi connectivity index (χ1) is 14.2.